The molecule has 5 nitrogen and oxygen atoms in total. The van der Waals surface area contributed by atoms with Gasteiger partial charge in [-0.25, -0.2) is 9.78 Å². The van der Waals surface area contributed by atoms with Gasteiger partial charge in [0.05, 0.1) is 18.2 Å². The third kappa shape index (κ3) is 2.10. The van der Waals surface area contributed by atoms with Gasteiger partial charge in [0, 0.05) is 23.6 Å². The fraction of sp³-hybridized carbons (Fsp3) is 0.0526. The molecule has 118 valence electrons. The predicted octanol–water partition coefficient (Wildman–Crippen LogP) is 4.20. The first-order valence-electron chi connectivity index (χ1n) is 7.47. The first kappa shape index (κ1) is 14.3. The molecule has 1 N–H and O–H groups in total. The summed E-state index contributed by atoms with van der Waals surface area (Å²) in [6.45, 7) is 0. The fourth-order valence-corrected chi connectivity index (χ4v) is 3.05. The normalized spacial score (nSPS) is 11.0. The van der Waals surface area contributed by atoms with Gasteiger partial charge in [-0.15, -0.1) is 0 Å². The van der Waals surface area contributed by atoms with E-state index in [1.165, 1.54) is 6.07 Å². The highest BCUT2D eigenvalue weighted by molar-refractivity contribution is 6.04. The number of hydrogen-bond donors (Lipinski definition) is 1. The Labute approximate surface area is 137 Å². The Kier molecular flexibility index (Phi) is 3.20. The van der Waals surface area contributed by atoms with E-state index < -0.39 is 5.97 Å². The van der Waals surface area contributed by atoms with Crippen LogP contribution < -0.4 is 0 Å². The van der Waals surface area contributed by atoms with E-state index in [2.05, 4.69) is 4.98 Å². The van der Waals surface area contributed by atoms with E-state index in [9.17, 15) is 9.90 Å². The molecule has 0 radical (unpaired) electrons. The van der Waals surface area contributed by atoms with Crippen molar-refractivity contribution in [3.63, 3.8) is 0 Å². The average molecular weight is 318 g/mol. The lowest BCUT2D eigenvalue weighted by atomic mass is 10.0. The second-order valence-corrected chi connectivity index (χ2v) is 5.53. The van der Waals surface area contributed by atoms with Gasteiger partial charge in [-0.1, -0.05) is 30.3 Å². The van der Waals surface area contributed by atoms with Gasteiger partial charge in [-0.3, -0.25) is 0 Å². The van der Waals surface area contributed by atoms with Crippen LogP contribution in [0.3, 0.4) is 0 Å². The monoisotopic (exact) mass is 318 g/mol. The van der Waals surface area contributed by atoms with Crippen molar-refractivity contribution in [2.24, 2.45) is 7.05 Å². The molecule has 0 aliphatic carbocycles. The fourth-order valence-electron chi connectivity index (χ4n) is 3.05. The maximum absolute atomic E-state index is 11.3. The highest BCUT2D eigenvalue weighted by atomic mass is 16.4. The lowest BCUT2D eigenvalue weighted by Crippen LogP contribution is -2.01. The second-order valence-electron chi connectivity index (χ2n) is 5.53. The highest BCUT2D eigenvalue weighted by Gasteiger charge is 2.21. The van der Waals surface area contributed by atoms with E-state index in [0.717, 1.165) is 27.8 Å². The maximum Gasteiger partial charge on any atom is 0.354 e. The van der Waals surface area contributed by atoms with Crippen molar-refractivity contribution in [2.45, 2.75) is 0 Å². The van der Waals surface area contributed by atoms with Crippen LogP contribution in [0.4, 0.5) is 0 Å². The summed E-state index contributed by atoms with van der Waals surface area (Å²) in [7, 11) is 1.90. The molecular weight excluding hydrogens is 304 g/mol. The molecule has 24 heavy (non-hydrogen) atoms. The summed E-state index contributed by atoms with van der Waals surface area (Å²) < 4.78 is 7.19. The molecular formula is C19H14N2O3. The van der Waals surface area contributed by atoms with Crippen LogP contribution in [0.15, 0.2) is 65.5 Å². The predicted molar refractivity (Wildman–Crippen MR) is 90.8 cm³/mol. The smallest absolute Gasteiger partial charge is 0.354 e. The van der Waals surface area contributed by atoms with E-state index in [4.69, 9.17) is 4.42 Å². The minimum Gasteiger partial charge on any atom is -0.477 e. The Hall–Kier alpha value is -3.34. The summed E-state index contributed by atoms with van der Waals surface area (Å²) in [4.78, 5) is 15.6. The minimum absolute atomic E-state index is 0.0291. The molecule has 0 unspecified atom stereocenters. The van der Waals surface area contributed by atoms with E-state index in [1.54, 1.807) is 18.6 Å². The van der Waals surface area contributed by atoms with Gasteiger partial charge in [-0.2, -0.15) is 0 Å². The number of carboxylic acid groups (broad SMARTS) is 1. The van der Waals surface area contributed by atoms with Crippen molar-refractivity contribution < 1.29 is 14.3 Å². The van der Waals surface area contributed by atoms with Gasteiger partial charge in [0.1, 0.15) is 5.65 Å². The topological polar surface area (TPSA) is 68.3 Å². The van der Waals surface area contributed by atoms with Crippen molar-refractivity contribution in [1.29, 1.82) is 0 Å². The zero-order valence-electron chi connectivity index (χ0n) is 12.9. The van der Waals surface area contributed by atoms with Gasteiger partial charge in [-0.05, 0) is 23.8 Å². The molecule has 3 aromatic heterocycles. The van der Waals surface area contributed by atoms with E-state index in [1.807, 2.05) is 48.0 Å². The number of aromatic carboxylic acids is 1. The first-order chi connectivity index (χ1) is 11.7. The van der Waals surface area contributed by atoms with Gasteiger partial charge in [0.15, 0.2) is 5.69 Å². The van der Waals surface area contributed by atoms with Crippen LogP contribution in [0, 0.1) is 0 Å². The number of hydrogen-bond acceptors (Lipinski definition) is 3. The number of carbonyl (C=O) groups is 1. The van der Waals surface area contributed by atoms with Crippen LogP contribution >= 0.6 is 0 Å². The summed E-state index contributed by atoms with van der Waals surface area (Å²) in [6.07, 6.45) is 3.31. The summed E-state index contributed by atoms with van der Waals surface area (Å²) in [5.74, 6) is -1.04. The molecule has 3 heterocycles. The molecule has 0 aliphatic heterocycles. The Bertz CT molecular complexity index is 1030. The van der Waals surface area contributed by atoms with Crippen LogP contribution in [-0.2, 0) is 7.05 Å². The summed E-state index contributed by atoms with van der Waals surface area (Å²) in [5.41, 5.74) is 4.58. The van der Waals surface area contributed by atoms with E-state index in [-0.39, 0.29) is 5.69 Å². The van der Waals surface area contributed by atoms with Gasteiger partial charge in [0.25, 0.3) is 0 Å². The standard InChI is InChI=1S/C19H14N2O3/c1-21-17(12-5-3-2-4-6-12)16(13-9-10-24-11-13)14-7-8-15(19(22)23)20-18(14)21/h2-11H,1H3,(H,22,23). The van der Waals surface area contributed by atoms with Crippen molar-refractivity contribution in [3.05, 3.63) is 66.8 Å². The Morgan fingerprint density at radius 2 is 1.88 bits per heavy atom. The quantitative estimate of drug-likeness (QED) is 0.615. The second kappa shape index (κ2) is 5.38. The molecule has 0 spiro atoms. The number of rotatable bonds is 3. The van der Waals surface area contributed by atoms with E-state index >= 15 is 0 Å². The number of aryl methyl sites for hydroxylation is 1. The molecule has 0 aliphatic rings. The van der Waals surface area contributed by atoms with Crippen LogP contribution in [0.2, 0.25) is 0 Å². The van der Waals surface area contributed by atoms with Crippen LogP contribution in [0.25, 0.3) is 33.4 Å². The van der Waals surface area contributed by atoms with Crippen LogP contribution in [0.1, 0.15) is 10.5 Å². The minimum atomic E-state index is -1.04. The van der Waals surface area contributed by atoms with Crippen LogP contribution in [-0.4, -0.2) is 20.6 Å². The third-order valence-electron chi connectivity index (χ3n) is 4.11. The molecule has 0 atom stereocenters. The lowest BCUT2D eigenvalue weighted by Gasteiger charge is -2.06. The summed E-state index contributed by atoms with van der Waals surface area (Å²) in [5, 5.41) is 10.1. The summed E-state index contributed by atoms with van der Waals surface area (Å²) in [6, 6.07) is 15.2. The molecule has 0 fully saturated rings. The maximum atomic E-state index is 11.3. The molecule has 0 saturated heterocycles. The number of aromatic nitrogens is 2. The van der Waals surface area contributed by atoms with Gasteiger partial charge < -0.3 is 14.1 Å². The highest BCUT2D eigenvalue weighted by Crippen LogP contribution is 2.39. The largest absolute Gasteiger partial charge is 0.477 e. The number of pyridine rings is 1. The molecule has 0 saturated carbocycles. The van der Waals surface area contributed by atoms with Crippen molar-refractivity contribution in [1.82, 2.24) is 9.55 Å². The molecule has 0 amide bonds. The Morgan fingerprint density at radius 1 is 1.08 bits per heavy atom. The first-order valence-corrected chi connectivity index (χ1v) is 7.47. The molecule has 1 aromatic carbocycles. The number of furan rings is 1. The number of fused-ring (bicyclic) bond motifs is 1. The van der Waals surface area contributed by atoms with Gasteiger partial charge >= 0.3 is 5.97 Å². The zero-order valence-corrected chi connectivity index (χ0v) is 12.9. The molecule has 0 bridgehead atoms. The molecule has 4 aromatic rings. The van der Waals surface area contributed by atoms with Gasteiger partial charge in [0.2, 0.25) is 0 Å². The summed E-state index contributed by atoms with van der Waals surface area (Å²) >= 11 is 0. The Morgan fingerprint density at radius 3 is 2.54 bits per heavy atom. The number of nitrogens with zero attached hydrogens (tertiary/aromatic N) is 2. The zero-order chi connectivity index (χ0) is 16.7. The molecule has 4 rings (SSSR count). The SMILES string of the molecule is Cn1c(-c2ccccc2)c(-c2ccoc2)c2ccc(C(=O)O)nc21. The Balaban J connectivity index is 2.11. The third-order valence-corrected chi connectivity index (χ3v) is 4.11. The number of benzene rings is 1. The number of carboxylic acids is 1. The van der Waals surface area contributed by atoms with E-state index in [0.29, 0.717) is 5.65 Å². The molecule has 5 heteroatoms. The van der Waals surface area contributed by atoms with Crippen molar-refractivity contribution in [3.8, 4) is 22.4 Å². The van der Waals surface area contributed by atoms with Crippen molar-refractivity contribution >= 4 is 17.0 Å². The van der Waals surface area contributed by atoms with Crippen molar-refractivity contribution in [2.75, 3.05) is 0 Å². The average Bonchev–Trinajstić information content (AvgIpc) is 3.22. The lowest BCUT2D eigenvalue weighted by molar-refractivity contribution is 0.0691. The van der Waals surface area contributed by atoms with Crippen LogP contribution in [0.5, 0.6) is 0 Å².